The van der Waals surface area contributed by atoms with Gasteiger partial charge in [0.25, 0.3) is 5.91 Å². The Labute approximate surface area is 221 Å². The van der Waals surface area contributed by atoms with Crippen molar-refractivity contribution >= 4 is 21.6 Å². The number of morpholine rings is 1. The molecule has 1 N–H and O–H groups in total. The first-order valence-electron chi connectivity index (χ1n) is 12.3. The van der Waals surface area contributed by atoms with Gasteiger partial charge in [-0.25, -0.2) is 8.42 Å². The Balaban J connectivity index is 1.42. The number of amides is 1. The van der Waals surface area contributed by atoms with Crippen molar-refractivity contribution < 1.29 is 36.9 Å². The molecule has 2 aliphatic rings. The van der Waals surface area contributed by atoms with Gasteiger partial charge < -0.3 is 29.0 Å². The molecule has 1 amide bonds. The maximum absolute atomic E-state index is 13.3. The maximum Gasteiger partial charge on any atom is 0.269 e. The Bertz CT molecular complexity index is 1390. The van der Waals surface area contributed by atoms with Gasteiger partial charge in [-0.15, -0.1) is 0 Å². The van der Waals surface area contributed by atoms with Crippen molar-refractivity contribution in [3.8, 4) is 28.7 Å². The van der Waals surface area contributed by atoms with E-state index in [1.54, 1.807) is 42.5 Å². The largest absolute Gasteiger partial charge is 0.494 e. The lowest BCUT2D eigenvalue weighted by atomic mass is 10.2. The topological polar surface area (TPSA) is 113 Å². The van der Waals surface area contributed by atoms with Crippen molar-refractivity contribution in [3.05, 3.63) is 66.7 Å². The van der Waals surface area contributed by atoms with E-state index in [0.29, 0.717) is 42.8 Å². The molecule has 10 nitrogen and oxygen atoms in total. The molecule has 2 aliphatic heterocycles. The van der Waals surface area contributed by atoms with Crippen molar-refractivity contribution in [1.82, 2.24) is 4.31 Å². The van der Waals surface area contributed by atoms with Crippen molar-refractivity contribution in [1.29, 1.82) is 0 Å². The third-order valence-electron chi connectivity index (χ3n) is 5.98. The summed E-state index contributed by atoms with van der Waals surface area (Å²) in [6.07, 6.45) is -0.942. The van der Waals surface area contributed by atoms with Gasteiger partial charge in [0.05, 0.1) is 30.4 Å². The second-order valence-electron chi connectivity index (χ2n) is 8.53. The summed E-state index contributed by atoms with van der Waals surface area (Å²) >= 11 is 0. The number of hydrogen-bond acceptors (Lipinski definition) is 8. The normalized spacial score (nSPS) is 17.4. The maximum atomic E-state index is 13.3. The van der Waals surface area contributed by atoms with Crippen LogP contribution >= 0.6 is 0 Å². The molecule has 3 aromatic carbocycles. The Hall–Kier alpha value is -3.80. The van der Waals surface area contributed by atoms with Crippen LogP contribution in [0.4, 0.5) is 5.69 Å². The van der Waals surface area contributed by atoms with Crippen LogP contribution in [0.5, 0.6) is 28.7 Å². The molecule has 0 aliphatic carbocycles. The summed E-state index contributed by atoms with van der Waals surface area (Å²) in [5.74, 6) is 1.94. The summed E-state index contributed by atoms with van der Waals surface area (Å²) in [6, 6.07) is 18.4. The molecule has 0 aromatic heterocycles. The zero-order valence-corrected chi connectivity index (χ0v) is 21.6. The average molecular weight is 541 g/mol. The van der Waals surface area contributed by atoms with Gasteiger partial charge in [-0.3, -0.25) is 4.79 Å². The molecule has 0 saturated carbocycles. The van der Waals surface area contributed by atoms with Crippen molar-refractivity contribution in [3.63, 3.8) is 0 Å². The van der Waals surface area contributed by atoms with E-state index in [0.717, 1.165) is 0 Å². The van der Waals surface area contributed by atoms with E-state index in [-0.39, 0.29) is 36.0 Å². The van der Waals surface area contributed by atoms with Crippen LogP contribution in [0.25, 0.3) is 0 Å². The molecule has 5 rings (SSSR count). The number of ether oxygens (including phenoxy) is 5. The minimum atomic E-state index is -3.81. The van der Waals surface area contributed by atoms with E-state index >= 15 is 0 Å². The van der Waals surface area contributed by atoms with Crippen LogP contribution in [0.3, 0.4) is 0 Å². The number of carbonyl (C=O) groups is 1. The van der Waals surface area contributed by atoms with E-state index in [1.165, 1.54) is 22.5 Å². The number of carbonyl (C=O) groups excluding carboxylic acids is 1. The second-order valence-corrected chi connectivity index (χ2v) is 10.5. The molecule has 2 heterocycles. The van der Waals surface area contributed by atoms with Gasteiger partial charge in [0.1, 0.15) is 18.1 Å². The Morgan fingerprint density at radius 2 is 1.71 bits per heavy atom. The summed E-state index contributed by atoms with van der Waals surface area (Å²) in [6.45, 7) is 3.58. The first-order chi connectivity index (χ1) is 18.4. The average Bonchev–Trinajstić information content (AvgIpc) is 2.95. The minimum absolute atomic E-state index is 0.00367. The first-order valence-corrected chi connectivity index (χ1v) is 13.7. The summed E-state index contributed by atoms with van der Waals surface area (Å²) in [4.78, 5) is 13.2. The summed E-state index contributed by atoms with van der Waals surface area (Å²) in [5.41, 5.74) is 0.181. The highest BCUT2D eigenvalue weighted by atomic mass is 32.2. The Morgan fingerprint density at radius 1 is 1.00 bits per heavy atom. The van der Waals surface area contributed by atoms with E-state index < -0.39 is 22.0 Å². The lowest BCUT2D eigenvalue weighted by Crippen LogP contribution is -2.41. The monoisotopic (exact) mass is 540 g/mol. The van der Waals surface area contributed by atoms with Crippen molar-refractivity contribution in [2.75, 3.05) is 44.8 Å². The molecule has 1 fully saturated rings. The van der Waals surface area contributed by atoms with E-state index in [9.17, 15) is 13.2 Å². The van der Waals surface area contributed by atoms with Gasteiger partial charge >= 0.3 is 0 Å². The predicted octanol–water partition coefficient (Wildman–Crippen LogP) is 3.68. The van der Waals surface area contributed by atoms with Gasteiger partial charge in [-0.1, -0.05) is 12.1 Å². The van der Waals surface area contributed by atoms with Gasteiger partial charge in [-0.2, -0.15) is 4.31 Å². The van der Waals surface area contributed by atoms with Crippen LogP contribution in [0.1, 0.15) is 6.92 Å². The Kier molecular flexibility index (Phi) is 7.68. The fourth-order valence-corrected chi connectivity index (χ4v) is 5.49. The second kappa shape index (κ2) is 11.3. The molecule has 1 saturated heterocycles. The van der Waals surface area contributed by atoms with E-state index in [1.807, 2.05) is 13.0 Å². The highest BCUT2D eigenvalue weighted by Crippen LogP contribution is 2.35. The third-order valence-corrected chi connectivity index (χ3v) is 7.87. The highest BCUT2D eigenvalue weighted by molar-refractivity contribution is 7.89. The molecule has 0 unspecified atom stereocenters. The SMILES string of the molecule is CCOc1ccc(Oc2ccc(S(=O)(=O)N3CCOCC3)cc2NC(=O)[C@H]2COc3ccccc3O2)cc1. The number of hydrogen-bond donors (Lipinski definition) is 1. The number of nitrogens with zero attached hydrogens (tertiary/aromatic N) is 1. The molecule has 0 bridgehead atoms. The number of para-hydroxylation sites is 2. The number of rotatable bonds is 8. The molecular formula is C27H28N2O8S. The van der Waals surface area contributed by atoms with Gasteiger partial charge in [-0.05, 0) is 61.5 Å². The van der Waals surface area contributed by atoms with Gasteiger partial charge in [0.15, 0.2) is 17.2 Å². The number of fused-ring (bicyclic) bond motifs is 1. The van der Waals surface area contributed by atoms with E-state index in [2.05, 4.69) is 5.32 Å². The molecule has 0 radical (unpaired) electrons. The molecule has 0 spiro atoms. The molecular weight excluding hydrogens is 512 g/mol. The molecule has 1 atom stereocenters. The highest BCUT2D eigenvalue weighted by Gasteiger charge is 2.30. The number of nitrogens with one attached hydrogen (secondary N) is 1. The molecule has 200 valence electrons. The van der Waals surface area contributed by atoms with Crippen LogP contribution in [0.15, 0.2) is 71.6 Å². The van der Waals surface area contributed by atoms with Crippen LogP contribution in [0.2, 0.25) is 0 Å². The summed E-state index contributed by atoms with van der Waals surface area (Å²) in [7, 11) is -3.81. The zero-order chi connectivity index (χ0) is 26.5. The zero-order valence-electron chi connectivity index (χ0n) is 20.8. The molecule has 11 heteroatoms. The van der Waals surface area contributed by atoms with Crippen molar-refractivity contribution in [2.45, 2.75) is 17.9 Å². The first kappa shape index (κ1) is 25.8. The minimum Gasteiger partial charge on any atom is -0.494 e. The van der Waals surface area contributed by atoms with Crippen LogP contribution in [-0.2, 0) is 19.6 Å². The molecule has 38 heavy (non-hydrogen) atoms. The lowest BCUT2D eigenvalue weighted by Gasteiger charge is -2.27. The third kappa shape index (κ3) is 5.69. The van der Waals surface area contributed by atoms with Crippen LogP contribution in [0, 0.1) is 0 Å². The Morgan fingerprint density at radius 3 is 2.45 bits per heavy atom. The standard InChI is InChI=1S/C27H28N2O8S/c1-2-34-19-7-9-20(10-8-19)36-23-12-11-21(38(31,32)29-13-15-33-16-14-29)17-22(23)28-27(30)26-18-35-24-5-3-4-6-25(24)37-26/h3-12,17,26H,2,13-16,18H2,1H3,(H,28,30)/t26-/m1/s1. The van der Waals surface area contributed by atoms with Gasteiger partial charge in [0, 0.05) is 13.1 Å². The number of anilines is 1. The van der Waals surface area contributed by atoms with Crippen LogP contribution in [-0.4, -0.2) is 64.3 Å². The smallest absolute Gasteiger partial charge is 0.269 e. The summed E-state index contributed by atoms with van der Waals surface area (Å²) < 4.78 is 56.2. The fraction of sp³-hybridized carbons (Fsp3) is 0.296. The number of sulfonamides is 1. The summed E-state index contributed by atoms with van der Waals surface area (Å²) in [5, 5.41) is 2.78. The van der Waals surface area contributed by atoms with Gasteiger partial charge in [0.2, 0.25) is 16.1 Å². The fourth-order valence-electron chi connectivity index (χ4n) is 4.05. The predicted molar refractivity (Wildman–Crippen MR) is 139 cm³/mol. The van der Waals surface area contributed by atoms with Crippen LogP contribution < -0.4 is 24.3 Å². The lowest BCUT2D eigenvalue weighted by molar-refractivity contribution is -0.125. The van der Waals surface area contributed by atoms with E-state index in [4.69, 9.17) is 23.7 Å². The quantitative estimate of drug-likeness (QED) is 0.461. The molecule has 3 aromatic rings. The number of benzene rings is 3. The van der Waals surface area contributed by atoms with Crippen molar-refractivity contribution in [2.24, 2.45) is 0 Å².